The number of carboxylic acids is 1. The second kappa shape index (κ2) is 5.60. The third-order valence-corrected chi connectivity index (χ3v) is 4.70. The number of aromatic nitrogens is 3. The molecule has 25 heavy (non-hydrogen) atoms. The van der Waals surface area contributed by atoms with Gasteiger partial charge in [0.25, 0.3) is 0 Å². The second-order valence-electron chi connectivity index (χ2n) is 5.59. The monoisotopic (exact) mass is 362 g/mol. The van der Waals surface area contributed by atoms with Crippen LogP contribution < -0.4 is 10.3 Å². The molecule has 0 amide bonds. The van der Waals surface area contributed by atoms with Gasteiger partial charge in [0, 0.05) is 30.9 Å². The number of aliphatic hydroxyl groups excluding tert-OH is 1. The predicted molar refractivity (Wildman–Crippen MR) is 88.1 cm³/mol. The molecule has 1 aliphatic rings. The quantitative estimate of drug-likeness (QED) is 0.711. The molecule has 4 heterocycles. The standard InChI is InChI=1S/C15H11FN4O4S/c16-10-3-8-11(22)9(14(23)24)6-20(15-17-1-2-25-15)12(8)18-13(10)19-4-7(21)5-19/h1-3,6-7,21H,4-5H2,(H,23,24). The molecule has 0 bridgehead atoms. The van der Waals surface area contributed by atoms with Crippen molar-refractivity contribution in [1.82, 2.24) is 14.5 Å². The van der Waals surface area contributed by atoms with Crippen molar-refractivity contribution in [2.75, 3.05) is 18.0 Å². The number of nitrogens with zero attached hydrogens (tertiary/aromatic N) is 4. The highest BCUT2D eigenvalue weighted by Gasteiger charge is 2.29. The Morgan fingerprint density at radius 2 is 2.16 bits per heavy atom. The lowest BCUT2D eigenvalue weighted by molar-refractivity contribution is 0.0695. The van der Waals surface area contributed by atoms with E-state index in [1.54, 1.807) is 10.3 Å². The first-order chi connectivity index (χ1) is 12.0. The van der Waals surface area contributed by atoms with Gasteiger partial charge in [-0.3, -0.25) is 9.36 Å². The Morgan fingerprint density at radius 1 is 1.40 bits per heavy atom. The number of carbonyl (C=O) groups is 1. The van der Waals surface area contributed by atoms with E-state index in [1.807, 2.05) is 0 Å². The fraction of sp³-hybridized carbons (Fsp3) is 0.200. The Balaban J connectivity index is 2.03. The molecule has 0 unspecified atom stereocenters. The van der Waals surface area contributed by atoms with Gasteiger partial charge in [0.15, 0.2) is 22.4 Å². The normalized spacial score (nSPS) is 14.7. The van der Waals surface area contributed by atoms with Crippen molar-refractivity contribution in [3.05, 3.63) is 45.4 Å². The molecule has 1 aliphatic heterocycles. The smallest absolute Gasteiger partial charge is 0.341 e. The number of pyridine rings is 2. The highest BCUT2D eigenvalue weighted by atomic mass is 32.1. The van der Waals surface area contributed by atoms with Gasteiger partial charge in [-0.25, -0.2) is 19.2 Å². The summed E-state index contributed by atoms with van der Waals surface area (Å²) in [6.07, 6.45) is 2.12. The number of β-amino-alcohol motifs (C(OH)–C–C–N with tert-alkyl or cyclic N) is 1. The van der Waals surface area contributed by atoms with E-state index in [0.29, 0.717) is 5.13 Å². The molecule has 3 aromatic heterocycles. The summed E-state index contributed by atoms with van der Waals surface area (Å²) in [5, 5.41) is 20.6. The zero-order chi connectivity index (χ0) is 17.7. The van der Waals surface area contributed by atoms with Gasteiger partial charge in [-0.2, -0.15) is 0 Å². The molecule has 0 aromatic carbocycles. The molecular weight excluding hydrogens is 351 g/mol. The molecule has 0 aliphatic carbocycles. The highest BCUT2D eigenvalue weighted by Crippen LogP contribution is 2.26. The third-order valence-electron chi connectivity index (χ3n) is 3.93. The maximum absolute atomic E-state index is 14.4. The van der Waals surface area contributed by atoms with Crippen molar-refractivity contribution in [2.24, 2.45) is 0 Å². The molecule has 1 fully saturated rings. The fourth-order valence-electron chi connectivity index (χ4n) is 2.70. The molecule has 1 saturated heterocycles. The molecule has 0 atom stereocenters. The largest absolute Gasteiger partial charge is 0.477 e. The average Bonchev–Trinajstić information content (AvgIpc) is 3.06. The summed E-state index contributed by atoms with van der Waals surface area (Å²) in [5.74, 6) is -2.15. The van der Waals surface area contributed by atoms with Crippen LogP contribution in [0.3, 0.4) is 0 Å². The van der Waals surface area contributed by atoms with E-state index in [9.17, 15) is 24.2 Å². The fourth-order valence-corrected chi connectivity index (χ4v) is 3.32. The SMILES string of the molecule is O=C(O)c1cn(-c2nccs2)c2nc(N3CC(O)C3)c(F)cc2c1=O. The predicted octanol–water partition coefficient (Wildman–Crippen LogP) is 0.860. The number of thiazole rings is 1. The summed E-state index contributed by atoms with van der Waals surface area (Å²) < 4.78 is 15.8. The van der Waals surface area contributed by atoms with Crippen molar-refractivity contribution in [1.29, 1.82) is 0 Å². The van der Waals surface area contributed by atoms with E-state index >= 15 is 0 Å². The van der Waals surface area contributed by atoms with E-state index in [2.05, 4.69) is 9.97 Å². The number of hydrogen-bond donors (Lipinski definition) is 2. The van der Waals surface area contributed by atoms with Crippen molar-refractivity contribution < 1.29 is 19.4 Å². The number of halogens is 1. The van der Waals surface area contributed by atoms with Gasteiger partial charge in [0.1, 0.15) is 5.56 Å². The number of anilines is 1. The Bertz CT molecular complexity index is 1040. The van der Waals surface area contributed by atoms with Gasteiger partial charge in [-0.1, -0.05) is 0 Å². The van der Waals surface area contributed by atoms with Crippen LogP contribution in [0.25, 0.3) is 16.2 Å². The summed E-state index contributed by atoms with van der Waals surface area (Å²) in [7, 11) is 0. The second-order valence-corrected chi connectivity index (χ2v) is 6.46. The molecule has 0 saturated carbocycles. The van der Waals surface area contributed by atoms with Gasteiger partial charge in [0.05, 0.1) is 11.5 Å². The summed E-state index contributed by atoms with van der Waals surface area (Å²) in [4.78, 5) is 33.6. The van der Waals surface area contributed by atoms with E-state index in [0.717, 1.165) is 12.3 Å². The van der Waals surface area contributed by atoms with Crippen LogP contribution in [0.15, 0.2) is 28.6 Å². The summed E-state index contributed by atoms with van der Waals surface area (Å²) in [6, 6.07) is 0.987. The summed E-state index contributed by atoms with van der Waals surface area (Å²) in [6.45, 7) is 0.480. The Hall–Kier alpha value is -2.85. The molecule has 10 heteroatoms. The molecule has 0 radical (unpaired) electrons. The number of aliphatic hydroxyl groups is 1. The zero-order valence-electron chi connectivity index (χ0n) is 12.6. The molecule has 0 spiro atoms. The van der Waals surface area contributed by atoms with Crippen LogP contribution in [-0.2, 0) is 0 Å². The molecule has 3 aromatic rings. The van der Waals surface area contributed by atoms with Gasteiger partial charge >= 0.3 is 5.97 Å². The van der Waals surface area contributed by atoms with Gasteiger partial charge in [0.2, 0.25) is 5.43 Å². The van der Waals surface area contributed by atoms with Gasteiger partial charge in [-0.05, 0) is 6.07 Å². The Morgan fingerprint density at radius 3 is 2.76 bits per heavy atom. The van der Waals surface area contributed by atoms with Crippen molar-refractivity contribution in [3.63, 3.8) is 0 Å². The zero-order valence-corrected chi connectivity index (χ0v) is 13.4. The first-order valence-corrected chi connectivity index (χ1v) is 8.15. The number of carboxylic acid groups (broad SMARTS) is 1. The number of fused-ring (bicyclic) bond motifs is 1. The lowest BCUT2D eigenvalue weighted by Gasteiger charge is -2.37. The van der Waals surface area contributed by atoms with Crippen LogP contribution in [0.5, 0.6) is 0 Å². The lowest BCUT2D eigenvalue weighted by atomic mass is 10.1. The average molecular weight is 362 g/mol. The van der Waals surface area contributed by atoms with E-state index < -0.39 is 28.9 Å². The van der Waals surface area contributed by atoms with Crippen LogP contribution in [0.1, 0.15) is 10.4 Å². The van der Waals surface area contributed by atoms with E-state index in [1.165, 1.54) is 22.1 Å². The minimum Gasteiger partial charge on any atom is -0.477 e. The summed E-state index contributed by atoms with van der Waals surface area (Å²) >= 11 is 1.23. The Labute approximate surface area is 143 Å². The van der Waals surface area contributed by atoms with Crippen molar-refractivity contribution >= 4 is 34.2 Å². The maximum atomic E-state index is 14.4. The maximum Gasteiger partial charge on any atom is 0.341 e. The van der Waals surface area contributed by atoms with Crippen LogP contribution in [0, 0.1) is 5.82 Å². The Kier molecular flexibility index (Phi) is 3.51. The summed E-state index contributed by atoms with van der Waals surface area (Å²) in [5.41, 5.74) is -1.18. The number of aromatic carboxylic acids is 1. The van der Waals surface area contributed by atoms with E-state index in [-0.39, 0.29) is 29.9 Å². The van der Waals surface area contributed by atoms with Gasteiger partial charge < -0.3 is 15.1 Å². The van der Waals surface area contributed by atoms with Crippen molar-refractivity contribution in [3.8, 4) is 5.13 Å². The number of hydrogen-bond acceptors (Lipinski definition) is 7. The van der Waals surface area contributed by atoms with Crippen molar-refractivity contribution in [2.45, 2.75) is 6.10 Å². The van der Waals surface area contributed by atoms with Crippen LogP contribution in [0.2, 0.25) is 0 Å². The molecule has 2 N–H and O–H groups in total. The molecule has 128 valence electrons. The number of rotatable bonds is 3. The molecule has 4 rings (SSSR count). The minimum absolute atomic E-state index is 0.00517. The third kappa shape index (κ3) is 2.46. The van der Waals surface area contributed by atoms with Gasteiger partial charge in [-0.15, -0.1) is 11.3 Å². The lowest BCUT2D eigenvalue weighted by Crippen LogP contribution is -2.51. The highest BCUT2D eigenvalue weighted by molar-refractivity contribution is 7.12. The molecule has 8 nitrogen and oxygen atoms in total. The molecular formula is C15H11FN4O4S. The minimum atomic E-state index is -1.41. The topological polar surface area (TPSA) is 109 Å². The first-order valence-electron chi connectivity index (χ1n) is 7.28. The van der Waals surface area contributed by atoms with E-state index in [4.69, 9.17) is 0 Å². The van der Waals surface area contributed by atoms with Crippen LogP contribution in [-0.4, -0.2) is 49.9 Å². The first kappa shape index (κ1) is 15.7. The van der Waals surface area contributed by atoms with Crippen LogP contribution >= 0.6 is 11.3 Å². The van der Waals surface area contributed by atoms with Crippen LogP contribution in [0.4, 0.5) is 10.2 Å².